The van der Waals surface area contributed by atoms with Crippen LogP contribution in [0.3, 0.4) is 0 Å². The molecule has 77 heavy (non-hydrogen) atoms. The van der Waals surface area contributed by atoms with E-state index < -0.39 is 126 Å². The minimum Gasteiger partial charge on any atom is -0.467 e. The van der Waals surface area contributed by atoms with Gasteiger partial charge in [-0.2, -0.15) is 13.2 Å². The number of allylic oxidation sites excluding steroid dienone is 6. The molecular weight excluding hydrogens is 1010 g/mol. The molecule has 0 radical (unpaired) electrons. The van der Waals surface area contributed by atoms with Crippen LogP contribution in [0, 0.1) is 35.5 Å². The molecule has 10 unspecified atom stereocenters. The molecule has 0 aromatic heterocycles. The fourth-order valence-corrected chi connectivity index (χ4v) is 10.9. The number of amides is 2. The minimum atomic E-state index is -5.16. The number of carbonyl (C=O) groups excluding carboxylic acids is 7. The van der Waals surface area contributed by atoms with E-state index in [1.54, 1.807) is 34.6 Å². The van der Waals surface area contributed by atoms with Gasteiger partial charge in [-0.05, 0) is 107 Å². The van der Waals surface area contributed by atoms with Gasteiger partial charge in [0, 0.05) is 58.5 Å². The summed E-state index contributed by atoms with van der Waals surface area (Å²) in [5.74, 6) is -11.2. The van der Waals surface area contributed by atoms with Crippen molar-refractivity contribution in [2.24, 2.45) is 35.5 Å². The third-order valence-corrected chi connectivity index (χ3v) is 15.7. The summed E-state index contributed by atoms with van der Waals surface area (Å²) in [6.07, 6.45) is 0.730. The normalized spacial score (nSPS) is 36.4. The Hall–Kier alpha value is -4.80. The number of aliphatic hydroxyl groups is 2. The van der Waals surface area contributed by atoms with Gasteiger partial charge in [-0.25, -0.2) is 14.4 Å². The zero-order chi connectivity index (χ0) is 57.5. The number of piperidine rings is 1. The van der Waals surface area contributed by atoms with Gasteiger partial charge in [0.25, 0.3) is 11.7 Å². The number of methoxy groups -OCH3 is 4. The van der Waals surface area contributed by atoms with E-state index in [1.165, 1.54) is 32.7 Å². The molecule has 18 nitrogen and oxygen atoms in total. The number of cyclic esters (lactones) is 1. The number of ketones is 3. The molecule has 0 spiro atoms. The van der Waals surface area contributed by atoms with Crippen LogP contribution in [-0.2, 0) is 61.9 Å². The first-order valence-electron chi connectivity index (χ1n) is 26.8. The summed E-state index contributed by atoms with van der Waals surface area (Å²) < 4.78 is 79.6. The third-order valence-electron chi connectivity index (χ3n) is 15.7. The van der Waals surface area contributed by atoms with Crippen molar-refractivity contribution in [1.29, 1.82) is 0 Å². The molecule has 2 saturated heterocycles. The molecule has 3 fully saturated rings. The summed E-state index contributed by atoms with van der Waals surface area (Å²) in [5.41, 5.74) is 1.13. The molecule has 16 atom stereocenters. The Balaban J connectivity index is 1.67. The number of Topliss-reactive ketones (excluding diaryl/α,β-unsaturated/α-hetero) is 3. The molecule has 3 aliphatic heterocycles. The standard InChI is InChI=1S/C56H83F3N2O16/c1-31-17-13-12-14-18-32(2)43(71-8)29-39-22-20-37(7)55(70,77-39)50(65)51(66)61-24-16-15-19-40(61)52(67)75-44(30-41(62)33(3)26-36(6)47(64)48(73-10)46(63)35(5)25-31)34(4)27-38-21-23-42(45(28-38)72-9)76-54(69)60-49(53(68)74-11)56(57,58)59/h12-14,17-18,26,31,33-35,37-40,42-45,47-49,64,70H,15-16,19-25,27-30H2,1-11H3,(H,60,69)/b14-12+,17-13+,32-18+,36-26+/t31?,33?,34?,35-,37-,38?,39?,40+,42-,43?,44?,45?,47-,48?,49?,55-/m1/s1. The van der Waals surface area contributed by atoms with Crippen LogP contribution >= 0.6 is 0 Å². The second-order valence-corrected chi connectivity index (χ2v) is 21.6. The second kappa shape index (κ2) is 29.4. The van der Waals surface area contributed by atoms with Gasteiger partial charge in [0.2, 0.25) is 11.8 Å². The predicted molar refractivity (Wildman–Crippen MR) is 274 cm³/mol. The maximum absolute atomic E-state index is 14.5. The van der Waals surface area contributed by atoms with Crippen LogP contribution in [-0.4, -0.2) is 158 Å². The fraction of sp³-hybridized carbons (Fsp3) is 0.732. The molecule has 1 aliphatic carbocycles. The zero-order valence-electron chi connectivity index (χ0n) is 46.5. The molecule has 2 amide bonds. The van der Waals surface area contributed by atoms with Crippen molar-refractivity contribution in [2.75, 3.05) is 35.0 Å². The Kier molecular flexibility index (Phi) is 24.7. The van der Waals surface area contributed by atoms with Crippen LogP contribution in [0.4, 0.5) is 18.0 Å². The zero-order valence-corrected chi connectivity index (χ0v) is 46.5. The van der Waals surface area contributed by atoms with E-state index in [4.69, 9.17) is 28.4 Å². The summed E-state index contributed by atoms with van der Waals surface area (Å²) in [5, 5.41) is 25.0. The lowest BCUT2D eigenvalue weighted by Crippen LogP contribution is -2.61. The molecule has 3 heterocycles. The van der Waals surface area contributed by atoms with Crippen molar-refractivity contribution in [1.82, 2.24) is 10.2 Å². The number of hydrogen-bond acceptors (Lipinski definition) is 16. The number of nitrogens with one attached hydrogen (secondary N) is 1. The molecule has 4 aliphatic rings. The van der Waals surface area contributed by atoms with E-state index in [9.17, 15) is 56.9 Å². The maximum atomic E-state index is 14.5. The number of fused-ring (bicyclic) bond motifs is 3. The second-order valence-electron chi connectivity index (χ2n) is 21.6. The average Bonchev–Trinajstić information content (AvgIpc) is 3.39. The van der Waals surface area contributed by atoms with Gasteiger partial charge in [0.05, 0.1) is 25.4 Å². The number of esters is 2. The molecular formula is C56H83F3N2O16. The van der Waals surface area contributed by atoms with Gasteiger partial charge in [0.15, 0.2) is 5.78 Å². The lowest BCUT2D eigenvalue weighted by atomic mass is 9.78. The highest BCUT2D eigenvalue weighted by Crippen LogP contribution is 2.38. The predicted octanol–water partition coefficient (Wildman–Crippen LogP) is 7.02. The van der Waals surface area contributed by atoms with Gasteiger partial charge < -0.3 is 48.3 Å². The van der Waals surface area contributed by atoms with Gasteiger partial charge in [-0.15, -0.1) is 0 Å². The number of carbonyl (C=O) groups is 7. The number of hydrogen-bond donors (Lipinski definition) is 3. The summed E-state index contributed by atoms with van der Waals surface area (Å²) in [6.45, 7) is 12.2. The Morgan fingerprint density at radius 2 is 1.57 bits per heavy atom. The molecule has 3 N–H and O–H groups in total. The highest BCUT2D eigenvalue weighted by molar-refractivity contribution is 6.39. The van der Waals surface area contributed by atoms with E-state index in [0.717, 1.165) is 17.6 Å². The Morgan fingerprint density at radius 1 is 0.870 bits per heavy atom. The number of halogens is 3. The summed E-state index contributed by atoms with van der Waals surface area (Å²) >= 11 is 0. The van der Waals surface area contributed by atoms with Crippen molar-refractivity contribution in [2.45, 2.75) is 192 Å². The highest BCUT2D eigenvalue weighted by Gasteiger charge is 2.53. The van der Waals surface area contributed by atoms with Crippen LogP contribution in [0.1, 0.15) is 126 Å². The van der Waals surface area contributed by atoms with E-state index in [-0.39, 0.29) is 56.3 Å². The summed E-state index contributed by atoms with van der Waals surface area (Å²) in [7, 11) is 4.95. The molecule has 1 saturated carbocycles. The Bertz CT molecular complexity index is 2180. The van der Waals surface area contributed by atoms with E-state index in [0.29, 0.717) is 50.5 Å². The number of alkyl halides is 3. The number of nitrogens with zero attached hydrogens (tertiary/aromatic N) is 1. The SMILES string of the molecule is COC(=O)C(NC(=O)O[C@@H]1CCC(CC(C)C2CC(=O)C(C)/C=C(\C)[C@@H](O)C(OC)C(=O)[C@H](C)CC(C)/C=C/C=C/C=C(\C)C(OC)CC3CC[C@@H](C)[C@@](O)(O3)C(=O)C(=O)N3CCCC[C@H]3C(=O)O2)CC1OC)C(F)(F)F. The molecule has 0 aromatic carbocycles. The highest BCUT2D eigenvalue weighted by atomic mass is 19.4. The largest absolute Gasteiger partial charge is 0.467 e. The van der Waals surface area contributed by atoms with E-state index >= 15 is 0 Å². The van der Waals surface area contributed by atoms with Crippen molar-refractivity contribution in [3.8, 4) is 0 Å². The number of rotatable bonds is 9. The first-order valence-corrected chi connectivity index (χ1v) is 26.8. The minimum absolute atomic E-state index is 0.0107. The van der Waals surface area contributed by atoms with Gasteiger partial charge in [0.1, 0.15) is 36.2 Å². The Morgan fingerprint density at radius 3 is 2.21 bits per heavy atom. The lowest BCUT2D eigenvalue weighted by Gasteiger charge is -2.42. The number of aliphatic hydroxyl groups excluding tert-OH is 1. The lowest BCUT2D eigenvalue weighted by molar-refractivity contribution is -0.265. The van der Waals surface area contributed by atoms with Crippen molar-refractivity contribution in [3.05, 3.63) is 47.6 Å². The van der Waals surface area contributed by atoms with E-state index in [1.807, 2.05) is 44.2 Å². The van der Waals surface area contributed by atoms with Crippen molar-refractivity contribution < 1.29 is 90.1 Å². The van der Waals surface area contributed by atoms with E-state index in [2.05, 4.69) is 4.74 Å². The van der Waals surface area contributed by atoms with Crippen molar-refractivity contribution >= 4 is 41.3 Å². The quantitative estimate of drug-likeness (QED) is 0.0910. The van der Waals surface area contributed by atoms with Crippen LogP contribution < -0.4 is 5.32 Å². The summed E-state index contributed by atoms with van der Waals surface area (Å²) in [6, 6.07) is -4.24. The number of ether oxygens (including phenoxy) is 7. The van der Waals surface area contributed by atoms with Crippen LogP contribution in [0.15, 0.2) is 47.6 Å². The average molecular weight is 1100 g/mol. The Labute approximate surface area is 450 Å². The monoisotopic (exact) mass is 1100 g/mol. The third kappa shape index (κ3) is 17.6. The first kappa shape index (κ1) is 64.7. The smallest absolute Gasteiger partial charge is 0.419 e. The summed E-state index contributed by atoms with van der Waals surface area (Å²) in [4.78, 5) is 96.9. The van der Waals surface area contributed by atoms with Crippen LogP contribution in [0.2, 0.25) is 0 Å². The molecule has 434 valence electrons. The first-order chi connectivity index (χ1) is 36.2. The fourth-order valence-electron chi connectivity index (χ4n) is 10.9. The van der Waals surface area contributed by atoms with Gasteiger partial charge in [-0.3, -0.25) is 24.5 Å². The molecule has 2 bridgehead atoms. The molecule has 0 aromatic rings. The van der Waals surface area contributed by atoms with Crippen LogP contribution in [0.25, 0.3) is 0 Å². The number of alkyl carbamates (subject to hydrolysis) is 1. The van der Waals surface area contributed by atoms with Crippen LogP contribution in [0.5, 0.6) is 0 Å². The topological polar surface area (TPSA) is 240 Å². The van der Waals surface area contributed by atoms with Gasteiger partial charge in [-0.1, -0.05) is 71.1 Å². The van der Waals surface area contributed by atoms with Gasteiger partial charge >= 0.3 is 24.2 Å². The maximum Gasteiger partial charge on any atom is 0.419 e. The molecule has 21 heteroatoms. The van der Waals surface area contributed by atoms with Crippen molar-refractivity contribution in [3.63, 3.8) is 0 Å². The molecule has 4 rings (SSSR count).